The van der Waals surface area contributed by atoms with Crippen molar-refractivity contribution >= 4 is 10.0 Å². The van der Waals surface area contributed by atoms with Gasteiger partial charge < -0.3 is 14.6 Å². The van der Waals surface area contributed by atoms with Gasteiger partial charge in [0.2, 0.25) is 15.8 Å². The second-order valence-electron chi connectivity index (χ2n) is 8.92. The number of nitrogens with zero attached hydrogens (tertiary/aromatic N) is 4. The van der Waals surface area contributed by atoms with Crippen LogP contribution in [-0.2, 0) is 28.7 Å². The van der Waals surface area contributed by atoms with E-state index in [1.165, 1.54) is 23.4 Å². The van der Waals surface area contributed by atoms with Crippen molar-refractivity contribution in [3.8, 4) is 22.9 Å². The number of aromatic nitrogens is 4. The average Bonchev–Trinajstić information content (AvgIpc) is 3.43. The number of hydrogen-bond acceptors (Lipinski definition) is 8. The SMILES string of the molecule is COc1ccc(CN(Cc2ccc(OC)cc2)S(=O)(=O)CC(C)(O)c2ccc(F)c(-c3nn[nH]n3)c2)cc1. The highest BCUT2D eigenvalue weighted by Crippen LogP contribution is 2.30. The maximum atomic E-state index is 14.4. The third-order valence-electron chi connectivity index (χ3n) is 6.07. The first-order valence-corrected chi connectivity index (χ1v) is 13.2. The van der Waals surface area contributed by atoms with Crippen LogP contribution in [0.3, 0.4) is 0 Å². The van der Waals surface area contributed by atoms with E-state index in [-0.39, 0.29) is 30.0 Å². The number of nitrogens with one attached hydrogen (secondary N) is 1. The molecule has 2 N–H and O–H groups in total. The molecule has 1 aromatic heterocycles. The van der Waals surface area contributed by atoms with Crippen molar-refractivity contribution in [2.24, 2.45) is 0 Å². The number of halogens is 1. The van der Waals surface area contributed by atoms with E-state index in [9.17, 15) is 17.9 Å². The van der Waals surface area contributed by atoms with Gasteiger partial charge >= 0.3 is 0 Å². The Morgan fingerprint density at radius 3 is 1.97 bits per heavy atom. The van der Waals surface area contributed by atoms with Gasteiger partial charge in [0, 0.05) is 13.1 Å². The predicted octanol–water partition coefficient (Wildman–Crippen LogP) is 3.26. The van der Waals surface area contributed by atoms with Gasteiger partial charge in [0.25, 0.3) is 0 Å². The molecule has 1 atom stereocenters. The third kappa shape index (κ3) is 6.33. The van der Waals surface area contributed by atoms with Gasteiger partial charge in [0.1, 0.15) is 22.9 Å². The molecule has 0 spiro atoms. The van der Waals surface area contributed by atoms with Gasteiger partial charge in [-0.3, -0.25) is 0 Å². The van der Waals surface area contributed by atoms with Crippen LogP contribution in [0.2, 0.25) is 0 Å². The summed E-state index contributed by atoms with van der Waals surface area (Å²) in [6, 6.07) is 17.9. The molecule has 200 valence electrons. The van der Waals surface area contributed by atoms with E-state index in [4.69, 9.17) is 9.47 Å². The number of sulfonamides is 1. The molecule has 12 heteroatoms. The Morgan fingerprint density at radius 2 is 1.50 bits per heavy atom. The van der Waals surface area contributed by atoms with E-state index in [0.717, 1.165) is 17.2 Å². The highest BCUT2D eigenvalue weighted by molar-refractivity contribution is 7.89. The van der Waals surface area contributed by atoms with Gasteiger partial charge in [-0.15, -0.1) is 10.2 Å². The molecular formula is C26H28FN5O5S. The monoisotopic (exact) mass is 541 g/mol. The van der Waals surface area contributed by atoms with Crippen molar-refractivity contribution in [1.82, 2.24) is 24.9 Å². The molecule has 0 amide bonds. The van der Waals surface area contributed by atoms with Crippen molar-refractivity contribution in [3.63, 3.8) is 0 Å². The number of aromatic amines is 1. The first-order valence-electron chi connectivity index (χ1n) is 11.6. The highest BCUT2D eigenvalue weighted by Gasteiger charge is 2.35. The van der Waals surface area contributed by atoms with Gasteiger partial charge in [-0.2, -0.15) is 9.52 Å². The summed E-state index contributed by atoms with van der Waals surface area (Å²) in [7, 11) is -0.950. The molecule has 0 saturated carbocycles. The average molecular weight is 542 g/mol. The molecule has 38 heavy (non-hydrogen) atoms. The summed E-state index contributed by atoms with van der Waals surface area (Å²) in [5, 5.41) is 24.6. The minimum absolute atomic E-state index is 0.0105. The molecule has 0 aliphatic rings. The minimum Gasteiger partial charge on any atom is -0.497 e. The normalized spacial score (nSPS) is 13.3. The van der Waals surface area contributed by atoms with Gasteiger partial charge in [0.15, 0.2) is 0 Å². The van der Waals surface area contributed by atoms with Crippen molar-refractivity contribution in [3.05, 3.63) is 89.2 Å². The maximum Gasteiger partial charge on any atom is 0.217 e. The fraction of sp³-hybridized carbons (Fsp3) is 0.269. The quantitative estimate of drug-likeness (QED) is 0.296. The molecule has 0 bridgehead atoms. The molecule has 1 heterocycles. The van der Waals surface area contributed by atoms with Crippen molar-refractivity contribution < 1.29 is 27.4 Å². The zero-order valence-electron chi connectivity index (χ0n) is 21.1. The fourth-order valence-electron chi connectivity index (χ4n) is 3.96. The first kappa shape index (κ1) is 27.2. The zero-order valence-corrected chi connectivity index (χ0v) is 21.9. The Hall–Kier alpha value is -3.87. The summed E-state index contributed by atoms with van der Waals surface area (Å²) >= 11 is 0. The van der Waals surface area contributed by atoms with E-state index in [0.29, 0.717) is 11.5 Å². The van der Waals surface area contributed by atoms with Crippen molar-refractivity contribution in [2.75, 3.05) is 20.0 Å². The summed E-state index contributed by atoms with van der Waals surface area (Å²) in [4.78, 5) is 0. The van der Waals surface area contributed by atoms with Gasteiger partial charge in [-0.25, -0.2) is 12.8 Å². The smallest absolute Gasteiger partial charge is 0.217 e. The Kier molecular flexibility index (Phi) is 8.05. The standard InChI is InChI=1S/C26H28FN5O5S/c1-26(33,20-8-13-24(27)23(14-20)25-28-30-31-29-25)17-38(34,35)32(15-18-4-9-21(36-2)10-5-18)16-19-6-11-22(37-3)12-7-19/h4-14,33H,15-17H2,1-3H3,(H,28,29,30,31). The second-order valence-corrected chi connectivity index (χ2v) is 10.9. The van der Waals surface area contributed by atoms with Gasteiger partial charge in [-0.1, -0.05) is 30.3 Å². The number of H-pyrrole nitrogens is 1. The second kappa shape index (κ2) is 11.3. The van der Waals surface area contributed by atoms with E-state index < -0.39 is 27.2 Å². The number of benzene rings is 3. The van der Waals surface area contributed by atoms with Crippen molar-refractivity contribution in [1.29, 1.82) is 0 Å². The molecule has 4 aromatic rings. The lowest BCUT2D eigenvalue weighted by atomic mass is 9.96. The molecule has 10 nitrogen and oxygen atoms in total. The van der Waals surface area contributed by atoms with Crippen LogP contribution in [0, 0.1) is 5.82 Å². The Bertz CT molecular complexity index is 1410. The lowest BCUT2D eigenvalue weighted by Gasteiger charge is -2.29. The van der Waals surface area contributed by atoms with Gasteiger partial charge in [-0.05, 0) is 65.2 Å². The Labute approximate surface area is 220 Å². The largest absolute Gasteiger partial charge is 0.497 e. The number of methoxy groups -OCH3 is 2. The molecule has 0 fully saturated rings. The molecule has 0 aliphatic carbocycles. The van der Waals surface area contributed by atoms with Crippen LogP contribution in [0.4, 0.5) is 4.39 Å². The molecule has 0 saturated heterocycles. The van der Waals surface area contributed by atoms with Crippen LogP contribution in [0.25, 0.3) is 11.4 Å². The van der Waals surface area contributed by atoms with E-state index in [2.05, 4.69) is 20.6 Å². The number of hydrogen-bond donors (Lipinski definition) is 2. The molecule has 1 unspecified atom stereocenters. The van der Waals surface area contributed by atoms with Crippen LogP contribution >= 0.6 is 0 Å². The lowest BCUT2D eigenvalue weighted by Crippen LogP contribution is -2.40. The number of tetrazole rings is 1. The zero-order chi connectivity index (χ0) is 27.3. The maximum absolute atomic E-state index is 14.4. The molecule has 0 aliphatic heterocycles. The van der Waals surface area contributed by atoms with Crippen LogP contribution in [-0.4, -0.2) is 58.4 Å². The fourth-order valence-corrected chi connectivity index (χ4v) is 5.71. The number of rotatable bonds is 11. The summed E-state index contributed by atoms with van der Waals surface area (Å²) in [6.07, 6.45) is 0. The molecule has 4 rings (SSSR count). The first-order chi connectivity index (χ1) is 18.1. The van der Waals surface area contributed by atoms with E-state index >= 15 is 0 Å². The predicted molar refractivity (Wildman–Crippen MR) is 138 cm³/mol. The van der Waals surface area contributed by atoms with Crippen LogP contribution in [0.15, 0.2) is 66.7 Å². The number of ether oxygens (including phenoxy) is 2. The minimum atomic E-state index is -4.06. The summed E-state index contributed by atoms with van der Waals surface area (Å²) < 4.78 is 53.6. The van der Waals surface area contributed by atoms with Crippen LogP contribution in [0.5, 0.6) is 11.5 Å². The topological polar surface area (TPSA) is 131 Å². The molecule has 0 radical (unpaired) electrons. The van der Waals surface area contributed by atoms with Crippen LogP contribution < -0.4 is 9.47 Å². The van der Waals surface area contributed by atoms with Crippen molar-refractivity contribution in [2.45, 2.75) is 25.6 Å². The number of aliphatic hydroxyl groups is 1. The summed E-state index contributed by atoms with van der Waals surface area (Å²) in [5.74, 6) is 0.00639. The van der Waals surface area contributed by atoms with Gasteiger partial charge in [0.05, 0.1) is 25.5 Å². The highest BCUT2D eigenvalue weighted by atomic mass is 32.2. The van der Waals surface area contributed by atoms with E-state index in [1.807, 2.05) is 0 Å². The third-order valence-corrected chi connectivity index (χ3v) is 8.04. The Morgan fingerprint density at radius 1 is 0.947 bits per heavy atom. The lowest BCUT2D eigenvalue weighted by molar-refractivity contribution is 0.0803. The van der Waals surface area contributed by atoms with E-state index in [1.54, 1.807) is 62.8 Å². The molecule has 3 aromatic carbocycles. The van der Waals surface area contributed by atoms with Crippen LogP contribution in [0.1, 0.15) is 23.6 Å². The summed E-state index contributed by atoms with van der Waals surface area (Å²) in [5.41, 5.74) is -0.200. The Balaban J connectivity index is 1.64. The molecular weight excluding hydrogens is 513 g/mol. The summed E-state index contributed by atoms with van der Waals surface area (Å²) in [6.45, 7) is 1.49.